The van der Waals surface area contributed by atoms with Crippen LogP contribution in [0.4, 0.5) is 0 Å². The molecule has 2 N–H and O–H groups in total. The third-order valence-corrected chi connectivity index (χ3v) is 5.24. The second kappa shape index (κ2) is 9.91. The quantitative estimate of drug-likeness (QED) is 0.569. The molecule has 3 amide bonds. The zero-order valence-electron chi connectivity index (χ0n) is 17.5. The number of nitrogens with one attached hydrogen (secondary N) is 2. The highest BCUT2D eigenvalue weighted by atomic mass is 16.5. The highest BCUT2D eigenvalue weighted by molar-refractivity contribution is 5.95. The third-order valence-electron chi connectivity index (χ3n) is 5.24. The molecule has 0 atom stereocenters. The number of amides is 3. The van der Waals surface area contributed by atoms with Crippen LogP contribution in [0.2, 0.25) is 0 Å². The van der Waals surface area contributed by atoms with Crippen LogP contribution >= 0.6 is 0 Å². The number of carbonyl (C=O) groups excluding carboxylic acids is 3. The summed E-state index contributed by atoms with van der Waals surface area (Å²) in [6.07, 6.45) is 1.52. The monoisotopic (exact) mass is 432 g/mol. The van der Waals surface area contributed by atoms with Crippen LogP contribution in [-0.2, 0) is 22.7 Å². The molecule has 0 bridgehead atoms. The Balaban J connectivity index is 1.24. The summed E-state index contributed by atoms with van der Waals surface area (Å²) in [4.78, 5) is 38.1. The van der Waals surface area contributed by atoms with Gasteiger partial charge in [0.1, 0.15) is 0 Å². The van der Waals surface area contributed by atoms with Gasteiger partial charge in [0.2, 0.25) is 11.8 Å². The average molecular weight is 432 g/mol. The Hall–Kier alpha value is -3.94. The van der Waals surface area contributed by atoms with E-state index in [2.05, 4.69) is 15.8 Å². The Morgan fingerprint density at radius 3 is 2.59 bits per heavy atom. The maximum absolute atomic E-state index is 12.3. The number of hydrogen-bond donors (Lipinski definition) is 2. The minimum atomic E-state index is -0.483. The molecule has 8 heteroatoms. The zero-order chi connectivity index (χ0) is 22.3. The Labute approximate surface area is 185 Å². The van der Waals surface area contributed by atoms with Crippen LogP contribution in [0.3, 0.4) is 0 Å². The van der Waals surface area contributed by atoms with Gasteiger partial charge in [-0.05, 0) is 17.5 Å². The molecule has 1 aromatic heterocycles. The largest absolute Gasteiger partial charge is 0.355 e. The number of carbonyl (C=O) groups is 3. The van der Waals surface area contributed by atoms with Gasteiger partial charge in [-0.15, -0.1) is 0 Å². The van der Waals surface area contributed by atoms with E-state index >= 15 is 0 Å². The van der Waals surface area contributed by atoms with Crippen molar-refractivity contribution in [2.24, 2.45) is 0 Å². The van der Waals surface area contributed by atoms with Gasteiger partial charge < -0.3 is 20.1 Å². The van der Waals surface area contributed by atoms with Crippen LogP contribution < -0.4 is 10.6 Å². The van der Waals surface area contributed by atoms with E-state index in [0.29, 0.717) is 25.3 Å². The lowest BCUT2D eigenvalue weighted by Crippen LogP contribution is -2.36. The highest BCUT2D eigenvalue weighted by Crippen LogP contribution is 2.19. The van der Waals surface area contributed by atoms with Crippen molar-refractivity contribution in [2.45, 2.75) is 25.9 Å². The summed E-state index contributed by atoms with van der Waals surface area (Å²) in [7, 11) is 0. The van der Waals surface area contributed by atoms with Gasteiger partial charge in [0, 0.05) is 37.7 Å². The number of aromatic nitrogens is 1. The third kappa shape index (κ3) is 5.40. The fourth-order valence-electron chi connectivity index (χ4n) is 3.56. The first-order valence-corrected chi connectivity index (χ1v) is 10.5. The first-order valence-electron chi connectivity index (χ1n) is 10.5. The molecule has 32 heavy (non-hydrogen) atoms. The van der Waals surface area contributed by atoms with E-state index < -0.39 is 5.91 Å². The van der Waals surface area contributed by atoms with E-state index in [9.17, 15) is 14.4 Å². The van der Waals surface area contributed by atoms with Crippen molar-refractivity contribution in [3.8, 4) is 11.3 Å². The highest BCUT2D eigenvalue weighted by Gasteiger charge is 2.20. The summed E-state index contributed by atoms with van der Waals surface area (Å²) < 4.78 is 5.21. The van der Waals surface area contributed by atoms with Crippen LogP contribution in [0.25, 0.3) is 11.3 Å². The maximum atomic E-state index is 12.3. The predicted octanol–water partition coefficient (Wildman–Crippen LogP) is 2.51. The van der Waals surface area contributed by atoms with Gasteiger partial charge in [0.05, 0.1) is 6.54 Å². The van der Waals surface area contributed by atoms with Gasteiger partial charge >= 0.3 is 0 Å². The molecule has 4 rings (SSSR count). The summed E-state index contributed by atoms with van der Waals surface area (Å²) in [6.45, 7) is 1.53. The molecule has 1 aliphatic heterocycles. The van der Waals surface area contributed by atoms with E-state index in [4.69, 9.17) is 4.52 Å². The van der Waals surface area contributed by atoms with Gasteiger partial charge in [-0.2, -0.15) is 0 Å². The van der Waals surface area contributed by atoms with E-state index in [0.717, 1.165) is 29.7 Å². The summed E-state index contributed by atoms with van der Waals surface area (Å²) in [6, 6.07) is 18.6. The minimum Gasteiger partial charge on any atom is -0.355 e. The topological polar surface area (TPSA) is 105 Å². The van der Waals surface area contributed by atoms with Gasteiger partial charge in [0.25, 0.3) is 5.91 Å². The molecule has 3 aromatic rings. The van der Waals surface area contributed by atoms with E-state index in [1.165, 1.54) is 0 Å². The maximum Gasteiger partial charge on any atom is 0.273 e. The van der Waals surface area contributed by atoms with Crippen molar-refractivity contribution in [1.82, 2.24) is 20.7 Å². The van der Waals surface area contributed by atoms with Crippen molar-refractivity contribution in [3.05, 3.63) is 77.5 Å². The first-order chi connectivity index (χ1) is 15.6. The molecule has 2 heterocycles. The number of rotatable bonds is 8. The molecular formula is C24H24N4O4. The van der Waals surface area contributed by atoms with Crippen molar-refractivity contribution in [1.29, 1.82) is 0 Å². The number of hydrogen-bond acceptors (Lipinski definition) is 5. The van der Waals surface area contributed by atoms with Crippen molar-refractivity contribution < 1.29 is 18.9 Å². The van der Waals surface area contributed by atoms with E-state index in [1.807, 2.05) is 59.5 Å². The van der Waals surface area contributed by atoms with Crippen molar-refractivity contribution in [3.63, 3.8) is 0 Å². The molecule has 0 saturated carbocycles. The molecular weight excluding hydrogens is 408 g/mol. The average Bonchev–Trinajstić information content (AvgIpc) is 3.47. The lowest BCUT2D eigenvalue weighted by Gasteiger charge is -2.16. The van der Waals surface area contributed by atoms with Gasteiger partial charge in [-0.3, -0.25) is 14.4 Å². The Morgan fingerprint density at radius 1 is 1.00 bits per heavy atom. The van der Waals surface area contributed by atoms with Crippen molar-refractivity contribution >= 4 is 17.7 Å². The first kappa shape index (κ1) is 21.3. The smallest absolute Gasteiger partial charge is 0.273 e. The molecule has 1 saturated heterocycles. The van der Waals surface area contributed by atoms with Gasteiger partial charge in [0.15, 0.2) is 11.5 Å². The van der Waals surface area contributed by atoms with Crippen LogP contribution in [0.15, 0.2) is 65.2 Å². The molecule has 164 valence electrons. The van der Waals surface area contributed by atoms with Crippen LogP contribution in [0.5, 0.6) is 0 Å². The predicted molar refractivity (Wildman–Crippen MR) is 117 cm³/mol. The van der Waals surface area contributed by atoms with Crippen LogP contribution in [0, 0.1) is 0 Å². The zero-order valence-corrected chi connectivity index (χ0v) is 17.5. The fraction of sp³-hybridized carbons (Fsp3) is 0.250. The number of likely N-dealkylation sites (tertiary alicyclic amines) is 1. The molecule has 0 radical (unpaired) electrons. The van der Waals surface area contributed by atoms with Crippen LogP contribution in [-0.4, -0.2) is 40.9 Å². The van der Waals surface area contributed by atoms with Crippen LogP contribution in [0.1, 0.15) is 34.5 Å². The lowest BCUT2D eigenvalue weighted by molar-refractivity contribution is -0.128. The molecule has 2 aromatic carbocycles. The van der Waals surface area contributed by atoms with E-state index in [-0.39, 0.29) is 24.1 Å². The molecule has 1 aliphatic rings. The number of benzene rings is 2. The molecule has 0 unspecified atom stereocenters. The Kier molecular flexibility index (Phi) is 6.60. The summed E-state index contributed by atoms with van der Waals surface area (Å²) in [5.41, 5.74) is 2.88. The lowest BCUT2D eigenvalue weighted by atomic mass is 10.1. The van der Waals surface area contributed by atoms with Gasteiger partial charge in [-0.25, -0.2) is 0 Å². The number of nitrogens with zero attached hydrogens (tertiary/aromatic N) is 2. The second-order valence-electron chi connectivity index (χ2n) is 7.64. The standard InChI is InChI=1S/C24H24N4O4/c29-22(15-26-24(31)20-13-21(32-27-20)19-8-2-1-3-9-19)25-14-17-6-4-7-18(12-17)16-28-11-5-10-23(28)30/h1-4,6-9,12-13H,5,10-11,14-16H2,(H,25,29)(H,26,31). The molecule has 0 aliphatic carbocycles. The summed E-state index contributed by atoms with van der Waals surface area (Å²) in [5, 5.41) is 9.11. The second-order valence-corrected chi connectivity index (χ2v) is 7.64. The molecule has 1 fully saturated rings. The normalized spacial score (nSPS) is 13.2. The summed E-state index contributed by atoms with van der Waals surface area (Å²) in [5.74, 6) is -0.133. The Morgan fingerprint density at radius 2 is 1.81 bits per heavy atom. The SMILES string of the molecule is O=C(CNC(=O)c1cc(-c2ccccc2)on1)NCc1cccc(CN2CCCC2=O)c1. The Bertz CT molecular complexity index is 1110. The molecule has 0 spiro atoms. The summed E-state index contributed by atoms with van der Waals surface area (Å²) >= 11 is 0. The van der Waals surface area contributed by atoms with Crippen molar-refractivity contribution in [2.75, 3.05) is 13.1 Å². The fourth-order valence-corrected chi connectivity index (χ4v) is 3.56. The van der Waals surface area contributed by atoms with Gasteiger partial charge in [-0.1, -0.05) is 59.8 Å². The van der Waals surface area contributed by atoms with E-state index in [1.54, 1.807) is 6.07 Å². The molecule has 8 nitrogen and oxygen atoms in total. The minimum absolute atomic E-state index is 0.112.